The van der Waals surface area contributed by atoms with Crippen LogP contribution in [-0.2, 0) is 4.79 Å². The second-order valence-corrected chi connectivity index (χ2v) is 5.75. The van der Waals surface area contributed by atoms with Crippen LogP contribution >= 0.6 is 0 Å². The van der Waals surface area contributed by atoms with Crippen molar-refractivity contribution >= 4 is 17.3 Å². The maximum absolute atomic E-state index is 12.2. The molecule has 0 heterocycles. The van der Waals surface area contributed by atoms with Gasteiger partial charge in [0.25, 0.3) is 5.91 Å². The standard InChI is InChI=1S/C22H17N3O3/c23-14-16(22(27)25-18-6-10-19(26)11-7-18)15-24-17-8-12-21(13-9-17)28-20-4-2-1-3-5-20/h1-13,15,24,26H,(H,25,27)/b16-15-. The summed E-state index contributed by atoms with van der Waals surface area (Å²) in [5.74, 6) is 0.951. The maximum atomic E-state index is 12.2. The Bertz CT molecular complexity index is 1010. The first kappa shape index (κ1) is 18.5. The summed E-state index contributed by atoms with van der Waals surface area (Å²) in [6, 6.07) is 24.4. The zero-order valence-electron chi connectivity index (χ0n) is 14.8. The number of nitrogens with one attached hydrogen (secondary N) is 2. The van der Waals surface area contributed by atoms with Crippen LogP contribution < -0.4 is 15.4 Å². The van der Waals surface area contributed by atoms with Gasteiger partial charge in [-0.15, -0.1) is 0 Å². The number of hydrogen-bond acceptors (Lipinski definition) is 5. The summed E-state index contributed by atoms with van der Waals surface area (Å²) in [7, 11) is 0. The van der Waals surface area contributed by atoms with Gasteiger partial charge in [0.2, 0.25) is 0 Å². The van der Waals surface area contributed by atoms with Crippen molar-refractivity contribution in [1.29, 1.82) is 5.26 Å². The van der Waals surface area contributed by atoms with Gasteiger partial charge in [0.05, 0.1) is 0 Å². The van der Waals surface area contributed by atoms with E-state index in [-0.39, 0.29) is 11.3 Å². The van der Waals surface area contributed by atoms with E-state index in [0.29, 0.717) is 17.1 Å². The quantitative estimate of drug-likeness (QED) is 0.333. The number of phenols is 1. The van der Waals surface area contributed by atoms with Crippen molar-refractivity contribution in [1.82, 2.24) is 0 Å². The summed E-state index contributed by atoms with van der Waals surface area (Å²) in [5.41, 5.74) is 1.09. The highest BCUT2D eigenvalue weighted by molar-refractivity contribution is 6.06. The zero-order chi connectivity index (χ0) is 19.8. The van der Waals surface area contributed by atoms with Crippen LogP contribution in [0.1, 0.15) is 0 Å². The Morgan fingerprint density at radius 2 is 1.50 bits per heavy atom. The molecule has 138 valence electrons. The molecule has 0 radical (unpaired) electrons. The molecule has 0 saturated carbocycles. The summed E-state index contributed by atoms with van der Waals surface area (Å²) < 4.78 is 5.72. The molecular formula is C22H17N3O3. The third-order valence-electron chi connectivity index (χ3n) is 3.71. The first-order valence-corrected chi connectivity index (χ1v) is 8.44. The van der Waals surface area contributed by atoms with Crippen LogP contribution in [0, 0.1) is 11.3 Å². The third kappa shape index (κ3) is 5.13. The van der Waals surface area contributed by atoms with Gasteiger partial charge in [0, 0.05) is 17.6 Å². The van der Waals surface area contributed by atoms with Crippen molar-refractivity contribution in [2.24, 2.45) is 0 Å². The first-order chi connectivity index (χ1) is 13.6. The van der Waals surface area contributed by atoms with Crippen molar-refractivity contribution in [3.05, 3.63) is 90.6 Å². The van der Waals surface area contributed by atoms with Crippen molar-refractivity contribution < 1.29 is 14.6 Å². The molecule has 3 aromatic carbocycles. The van der Waals surface area contributed by atoms with Crippen LogP contribution in [0.3, 0.4) is 0 Å². The van der Waals surface area contributed by atoms with Crippen molar-refractivity contribution in [3.8, 4) is 23.3 Å². The van der Waals surface area contributed by atoms with E-state index in [1.807, 2.05) is 36.4 Å². The lowest BCUT2D eigenvalue weighted by Gasteiger charge is -2.07. The number of rotatable bonds is 6. The number of nitriles is 1. The van der Waals surface area contributed by atoms with Gasteiger partial charge in [-0.2, -0.15) is 5.26 Å². The minimum atomic E-state index is -0.551. The lowest BCUT2D eigenvalue weighted by atomic mass is 10.2. The lowest BCUT2D eigenvalue weighted by molar-refractivity contribution is -0.112. The monoisotopic (exact) mass is 371 g/mol. The van der Waals surface area contributed by atoms with E-state index in [1.165, 1.54) is 18.3 Å². The number of benzene rings is 3. The highest BCUT2D eigenvalue weighted by atomic mass is 16.5. The number of aromatic hydroxyl groups is 1. The Kier molecular flexibility index (Phi) is 5.91. The number of hydrogen-bond donors (Lipinski definition) is 3. The van der Waals surface area contributed by atoms with Gasteiger partial charge in [0.1, 0.15) is 28.9 Å². The maximum Gasteiger partial charge on any atom is 0.267 e. The molecule has 1 amide bonds. The Morgan fingerprint density at radius 1 is 0.893 bits per heavy atom. The fraction of sp³-hybridized carbons (Fsp3) is 0. The second-order valence-electron chi connectivity index (χ2n) is 5.75. The molecule has 3 aromatic rings. The highest BCUT2D eigenvalue weighted by Crippen LogP contribution is 2.22. The van der Waals surface area contributed by atoms with Crippen LogP contribution in [0.4, 0.5) is 11.4 Å². The van der Waals surface area contributed by atoms with Crippen LogP contribution in [0.5, 0.6) is 17.2 Å². The molecule has 0 aliphatic carbocycles. The largest absolute Gasteiger partial charge is 0.508 e. The minimum Gasteiger partial charge on any atom is -0.508 e. The van der Waals surface area contributed by atoms with E-state index in [0.717, 1.165) is 5.75 Å². The zero-order valence-corrected chi connectivity index (χ0v) is 14.8. The normalized spacial score (nSPS) is 10.6. The molecule has 6 nitrogen and oxygen atoms in total. The summed E-state index contributed by atoms with van der Waals surface area (Å²) >= 11 is 0. The molecule has 0 saturated heterocycles. The van der Waals surface area contributed by atoms with Gasteiger partial charge in [0.15, 0.2) is 0 Å². The number of amides is 1. The van der Waals surface area contributed by atoms with E-state index >= 15 is 0 Å². The summed E-state index contributed by atoms with van der Waals surface area (Å²) in [6.45, 7) is 0. The SMILES string of the molecule is N#C/C(=C/Nc1ccc(Oc2ccccc2)cc1)C(=O)Nc1ccc(O)cc1. The van der Waals surface area contributed by atoms with Gasteiger partial charge >= 0.3 is 0 Å². The smallest absolute Gasteiger partial charge is 0.267 e. The number of para-hydroxylation sites is 1. The summed E-state index contributed by atoms with van der Waals surface area (Å²) in [6.07, 6.45) is 1.34. The molecule has 0 fully saturated rings. The Morgan fingerprint density at radius 3 is 2.14 bits per heavy atom. The van der Waals surface area contributed by atoms with Gasteiger partial charge < -0.3 is 20.5 Å². The van der Waals surface area contributed by atoms with Crippen LogP contribution in [-0.4, -0.2) is 11.0 Å². The Labute approximate surface area is 162 Å². The number of carbonyl (C=O) groups is 1. The lowest BCUT2D eigenvalue weighted by Crippen LogP contribution is -2.14. The molecule has 0 unspecified atom stereocenters. The minimum absolute atomic E-state index is 0.0855. The molecule has 0 aliphatic rings. The number of anilines is 2. The van der Waals surface area contributed by atoms with E-state index < -0.39 is 5.91 Å². The molecule has 6 heteroatoms. The molecule has 0 spiro atoms. The molecule has 0 bridgehead atoms. The fourth-order valence-electron chi connectivity index (χ4n) is 2.29. The van der Waals surface area contributed by atoms with Crippen LogP contribution in [0.25, 0.3) is 0 Å². The predicted octanol–water partition coefficient (Wildman–Crippen LogP) is 4.64. The molecule has 3 rings (SSSR count). The number of carbonyl (C=O) groups excluding carboxylic acids is 1. The van der Waals surface area contributed by atoms with Gasteiger partial charge in [-0.05, 0) is 60.7 Å². The van der Waals surface area contributed by atoms with Crippen LogP contribution in [0.15, 0.2) is 90.6 Å². The van der Waals surface area contributed by atoms with Gasteiger partial charge in [-0.3, -0.25) is 4.79 Å². The predicted molar refractivity (Wildman–Crippen MR) is 107 cm³/mol. The van der Waals surface area contributed by atoms with E-state index in [9.17, 15) is 15.2 Å². The number of phenolic OH excluding ortho intramolecular Hbond substituents is 1. The summed E-state index contributed by atoms with van der Waals surface area (Å²) in [5, 5.41) is 24.0. The Balaban J connectivity index is 1.61. The van der Waals surface area contributed by atoms with Crippen molar-refractivity contribution in [2.45, 2.75) is 0 Å². The average molecular weight is 371 g/mol. The second kappa shape index (κ2) is 8.92. The van der Waals surface area contributed by atoms with E-state index in [4.69, 9.17) is 4.74 Å². The topological polar surface area (TPSA) is 94.4 Å². The molecule has 0 atom stereocenters. The summed E-state index contributed by atoms with van der Waals surface area (Å²) in [4.78, 5) is 12.2. The molecule has 0 aliphatic heterocycles. The molecule has 0 aromatic heterocycles. The van der Waals surface area contributed by atoms with Gasteiger partial charge in [-0.1, -0.05) is 18.2 Å². The third-order valence-corrected chi connectivity index (χ3v) is 3.71. The first-order valence-electron chi connectivity index (χ1n) is 8.44. The highest BCUT2D eigenvalue weighted by Gasteiger charge is 2.09. The van der Waals surface area contributed by atoms with Crippen molar-refractivity contribution in [3.63, 3.8) is 0 Å². The van der Waals surface area contributed by atoms with E-state index in [1.54, 1.807) is 36.4 Å². The number of ether oxygens (including phenoxy) is 1. The number of nitrogens with zero attached hydrogens (tertiary/aromatic N) is 1. The molecule has 28 heavy (non-hydrogen) atoms. The molecular weight excluding hydrogens is 354 g/mol. The van der Waals surface area contributed by atoms with Crippen molar-refractivity contribution in [2.75, 3.05) is 10.6 Å². The molecule has 3 N–H and O–H groups in total. The van der Waals surface area contributed by atoms with Crippen LogP contribution in [0.2, 0.25) is 0 Å². The fourth-order valence-corrected chi connectivity index (χ4v) is 2.29. The Hall–Kier alpha value is -4.24. The van der Waals surface area contributed by atoms with Gasteiger partial charge in [-0.25, -0.2) is 0 Å². The average Bonchev–Trinajstić information content (AvgIpc) is 2.72. The van der Waals surface area contributed by atoms with E-state index in [2.05, 4.69) is 10.6 Å².